The van der Waals surface area contributed by atoms with Crippen LogP contribution in [0.25, 0.3) is 0 Å². The molecule has 0 saturated heterocycles. The van der Waals surface area contributed by atoms with E-state index in [0.717, 1.165) is 29.9 Å². The minimum Gasteiger partial charge on any atom is -0.377 e. The van der Waals surface area contributed by atoms with Gasteiger partial charge in [-0.3, -0.25) is 0 Å². The monoisotopic (exact) mass is 278 g/mol. The Bertz CT molecular complexity index is 400. The van der Waals surface area contributed by atoms with Gasteiger partial charge in [-0.2, -0.15) is 0 Å². The first kappa shape index (κ1) is 15.0. The molecule has 1 saturated carbocycles. The van der Waals surface area contributed by atoms with Crippen molar-refractivity contribution in [2.45, 2.75) is 52.2 Å². The van der Waals surface area contributed by atoms with Crippen molar-refractivity contribution in [1.29, 1.82) is 0 Å². The predicted molar refractivity (Wildman–Crippen MR) is 82.0 cm³/mol. The fourth-order valence-corrected chi connectivity index (χ4v) is 2.81. The molecule has 2 unspecified atom stereocenters. The Morgan fingerprint density at radius 2 is 2.10 bits per heavy atom. The summed E-state index contributed by atoms with van der Waals surface area (Å²) in [6, 6.07) is 2.51. The average Bonchev–Trinajstić information content (AvgIpc) is 2.39. The molecule has 1 heterocycles. The largest absolute Gasteiger partial charge is 0.377 e. The highest BCUT2D eigenvalue weighted by atomic mass is 16.5. The van der Waals surface area contributed by atoms with Crippen LogP contribution in [0.5, 0.6) is 0 Å². The molecule has 0 aliphatic heterocycles. The molecule has 1 fully saturated rings. The van der Waals surface area contributed by atoms with Crippen LogP contribution in [0.4, 0.5) is 11.6 Å². The van der Waals surface area contributed by atoms with Crippen LogP contribution < -0.4 is 10.6 Å². The maximum atomic E-state index is 5.14. The van der Waals surface area contributed by atoms with Crippen molar-refractivity contribution in [3.63, 3.8) is 0 Å². The van der Waals surface area contributed by atoms with Crippen LogP contribution in [0.3, 0.4) is 0 Å². The summed E-state index contributed by atoms with van der Waals surface area (Å²) in [7, 11) is 1.67. The second-order valence-electron chi connectivity index (χ2n) is 5.63. The molecule has 0 aromatic carbocycles. The first-order valence-electron chi connectivity index (χ1n) is 7.58. The Morgan fingerprint density at radius 1 is 1.30 bits per heavy atom. The molecule has 5 heteroatoms. The van der Waals surface area contributed by atoms with Crippen molar-refractivity contribution in [2.75, 3.05) is 24.3 Å². The minimum absolute atomic E-state index is 0.439. The number of aromatic nitrogens is 2. The maximum Gasteiger partial charge on any atom is 0.158 e. The molecule has 0 radical (unpaired) electrons. The molecule has 5 nitrogen and oxygen atoms in total. The van der Waals surface area contributed by atoms with Gasteiger partial charge in [-0.25, -0.2) is 9.97 Å². The van der Waals surface area contributed by atoms with Gasteiger partial charge in [-0.15, -0.1) is 0 Å². The van der Waals surface area contributed by atoms with E-state index >= 15 is 0 Å². The quantitative estimate of drug-likeness (QED) is 0.837. The molecule has 2 N–H and O–H groups in total. The lowest BCUT2D eigenvalue weighted by atomic mass is 9.87. The van der Waals surface area contributed by atoms with E-state index in [1.54, 1.807) is 7.11 Å². The SMILES string of the molecule is CCNc1cc(NC2CCCC(C)C2)nc(COC)n1. The molecule has 2 rings (SSSR count). The van der Waals surface area contributed by atoms with Crippen molar-refractivity contribution >= 4 is 11.6 Å². The molecule has 0 bridgehead atoms. The molecule has 1 aliphatic carbocycles. The lowest BCUT2D eigenvalue weighted by molar-refractivity contribution is 0.178. The average molecular weight is 278 g/mol. The van der Waals surface area contributed by atoms with Gasteiger partial charge in [-0.05, 0) is 25.7 Å². The summed E-state index contributed by atoms with van der Waals surface area (Å²) in [4.78, 5) is 8.97. The molecular formula is C15H26N4O. The van der Waals surface area contributed by atoms with Crippen LogP contribution in [0.1, 0.15) is 45.4 Å². The van der Waals surface area contributed by atoms with E-state index in [1.165, 1.54) is 25.7 Å². The van der Waals surface area contributed by atoms with Gasteiger partial charge in [-0.1, -0.05) is 19.8 Å². The fourth-order valence-electron chi connectivity index (χ4n) is 2.81. The van der Waals surface area contributed by atoms with Crippen molar-refractivity contribution in [3.8, 4) is 0 Å². The Kier molecular flexibility index (Phi) is 5.59. The van der Waals surface area contributed by atoms with E-state index in [1.807, 2.05) is 6.07 Å². The Balaban J connectivity index is 2.08. The van der Waals surface area contributed by atoms with Gasteiger partial charge < -0.3 is 15.4 Å². The minimum atomic E-state index is 0.439. The summed E-state index contributed by atoms with van der Waals surface area (Å²) in [6.07, 6.45) is 5.10. The molecule has 1 aliphatic rings. The summed E-state index contributed by atoms with van der Waals surface area (Å²) in [5, 5.41) is 6.81. The van der Waals surface area contributed by atoms with E-state index in [2.05, 4.69) is 34.4 Å². The van der Waals surface area contributed by atoms with Crippen molar-refractivity contribution < 1.29 is 4.74 Å². The lowest BCUT2D eigenvalue weighted by Gasteiger charge is -2.28. The number of methoxy groups -OCH3 is 1. The van der Waals surface area contributed by atoms with E-state index in [4.69, 9.17) is 4.74 Å². The van der Waals surface area contributed by atoms with E-state index in [0.29, 0.717) is 12.6 Å². The number of rotatable bonds is 6. The third-order valence-corrected chi connectivity index (χ3v) is 3.69. The van der Waals surface area contributed by atoms with Gasteiger partial charge in [0.05, 0.1) is 0 Å². The van der Waals surface area contributed by atoms with E-state index in [-0.39, 0.29) is 0 Å². The number of ether oxygens (including phenoxy) is 1. The van der Waals surface area contributed by atoms with Crippen LogP contribution in [0.15, 0.2) is 6.07 Å². The molecule has 2 atom stereocenters. The molecule has 20 heavy (non-hydrogen) atoms. The zero-order chi connectivity index (χ0) is 14.4. The number of anilines is 2. The topological polar surface area (TPSA) is 59.1 Å². The lowest BCUT2D eigenvalue weighted by Crippen LogP contribution is -2.27. The molecule has 1 aromatic heterocycles. The van der Waals surface area contributed by atoms with Crippen molar-refractivity contribution in [2.24, 2.45) is 5.92 Å². The summed E-state index contributed by atoms with van der Waals surface area (Å²) < 4.78 is 5.14. The summed E-state index contributed by atoms with van der Waals surface area (Å²) in [5.41, 5.74) is 0. The zero-order valence-electron chi connectivity index (χ0n) is 12.8. The third kappa shape index (κ3) is 4.34. The van der Waals surface area contributed by atoms with Crippen molar-refractivity contribution in [3.05, 3.63) is 11.9 Å². The summed E-state index contributed by atoms with van der Waals surface area (Å²) in [6.45, 7) is 5.68. The van der Waals surface area contributed by atoms with Crippen molar-refractivity contribution in [1.82, 2.24) is 9.97 Å². The van der Waals surface area contributed by atoms with Gasteiger partial charge in [0, 0.05) is 25.8 Å². The Hall–Kier alpha value is -1.36. The second kappa shape index (κ2) is 7.43. The molecule has 112 valence electrons. The van der Waals surface area contributed by atoms with Crippen LogP contribution in [-0.2, 0) is 11.3 Å². The Morgan fingerprint density at radius 3 is 2.80 bits per heavy atom. The zero-order valence-corrected chi connectivity index (χ0v) is 12.8. The van der Waals surface area contributed by atoms with Crippen LogP contribution in [0.2, 0.25) is 0 Å². The number of nitrogens with zero attached hydrogens (tertiary/aromatic N) is 2. The van der Waals surface area contributed by atoms with Crippen LogP contribution in [-0.4, -0.2) is 29.7 Å². The molecule has 1 aromatic rings. The molecule has 0 amide bonds. The third-order valence-electron chi connectivity index (χ3n) is 3.69. The van der Waals surface area contributed by atoms with Gasteiger partial charge in [0.2, 0.25) is 0 Å². The highest BCUT2D eigenvalue weighted by Crippen LogP contribution is 2.26. The number of hydrogen-bond acceptors (Lipinski definition) is 5. The predicted octanol–water partition coefficient (Wildman–Crippen LogP) is 3.05. The van der Waals surface area contributed by atoms with Crippen LogP contribution >= 0.6 is 0 Å². The second-order valence-corrected chi connectivity index (χ2v) is 5.63. The van der Waals surface area contributed by atoms with E-state index < -0.39 is 0 Å². The first-order chi connectivity index (χ1) is 9.71. The summed E-state index contributed by atoms with van der Waals surface area (Å²) >= 11 is 0. The maximum absolute atomic E-state index is 5.14. The van der Waals surface area contributed by atoms with Gasteiger partial charge in [0.1, 0.15) is 18.2 Å². The smallest absolute Gasteiger partial charge is 0.158 e. The Labute approximate surface area is 121 Å². The van der Waals surface area contributed by atoms with Crippen LogP contribution in [0, 0.1) is 5.92 Å². The molecule has 0 spiro atoms. The first-order valence-corrected chi connectivity index (χ1v) is 7.58. The van der Waals surface area contributed by atoms with Gasteiger partial charge in [0.25, 0.3) is 0 Å². The normalized spacial score (nSPS) is 22.6. The highest BCUT2D eigenvalue weighted by Gasteiger charge is 2.19. The van der Waals surface area contributed by atoms with Gasteiger partial charge >= 0.3 is 0 Å². The van der Waals surface area contributed by atoms with Gasteiger partial charge in [0.15, 0.2) is 5.82 Å². The highest BCUT2D eigenvalue weighted by molar-refractivity contribution is 5.48. The standard InChI is InChI=1S/C15H26N4O/c1-4-16-13-9-14(19-15(18-13)10-20-3)17-12-7-5-6-11(2)8-12/h9,11-12H,4-8,10H2,1-3H3,(H2,16,17,18,19). The number of hydrogen-bond donors (Lipinski definition) is 2. The summed E-state index contributed by atoms with van der Waals surface area (Å²) in [5.74, 6) is 3.29. The van der Waals surface area contributed by atoms with E-state index in [9.17, 15) is 0 Å². The fraction of sp³-hybridized carbons (Fsp3) is 0.733. The molecular weight excluding hydrogens is 252 g/mol. The number of nitrogens with one attached hydrogen (secondary N) is 2.